The number of nitrogens with two attached hydrogens (primary N) is 1. The summed E-state index contributed by atoms with van der Waals surface area (Å²) < 4.78 is 0. The quantitative estimate of drug-likeness (QED) is 0.327. The molecular weight excluding hydrogens is 248 g/mol. The molecule has 1 heterocycles. The molecular formula is C9H14N2O3S2. The molecule has 0 aliphatic heterocycles. The average Bonchev–Trinajstić information content (AvgIpc) is 2.76. The molecule has 16 heavy (non-hydrogen) atoms. The van der Waals surface area contributed by atoms with E-state index in [2.05, 4.69) is 5.43 Å². The normalized spacial score (nSPS) is 12.4. The van der Waals surface area contributed by atoms with Crippen LogP contribution in [-0.2, 0) is 5.75 Å². The number of amides is 1. The van der Waals surface area contributed by atoms with Gasteiger partial charge in [-0.05, 0) is 12.1 Å². The third kappa shape index (κ3) is 4.11. The number of hydrogen-bond donors (Lipinski definition) is 4. The van der Waals surface area contributed by atoms with Crippen LogP contribution in [0, 0.1) is 0 Å². The van der Waals surface area contributed by atoms with Gasteiger partial charge in [0.15, 0.2) is 0 Å². The summed E-state index contributed by atoms with van der Waals surface area (Å²) in [5, 5.41) is 17.7. The summed E-state index contributed by atoms with van der Waals surface area (Å²) in [6.07, 6.45) is -0.684. The summed E-state index contributed by atoms with van der Waals surface area (Å²) in [5.41, 5.74) is 2.07. The molecule has 0 aliphatic rings. The van der Waals surface area contributed by atoms with Gasteiger partial charge in [-0.1, -0.05) is 0 Å². The van der Waals surface area contributed by atoms with Crippen molar-refractivity contribution in [1.29, 1.82) is 0 Å². The monoisotopic (exact) mass is 262 g/mol. The van der Waals surface area contributed by atoms with Crippen molar-refractivity contribution in [3.63, 3.8) is 0 Å². The van der Waals surface area contributed by atoms with Crippen molar-refractivity contribution < 1.29 is 15.0 Å². The smallest absolute Gasteiger partial charge is 0.275 e. The fourth-order valence-electron chi connectivity index (χ4n) is 0.997. The second-order valence-corrected chi connectivity index (χ2v) is 5.29. The Balaban J connectivity index is 2.38. The Labute approximate surface area is 102 Å². The summed E-state index contributed by atoms with van der Waals surface area (Å²) in [6, 6.07) is 3.57. The summed E-state index contributed by atoms with van der Waals surface area (Å²) in [4.78, 5) is 12.8. The minimum atomic E-state index is -0.684. The van der Waals surface area contributed by atoms with Crippen LogP contribution in [0.25, 0.3) is 0 Å². The molecule has 0 saturated heterocycles. The number of carbonyl (C=O) groups is 1. The molecule has 0 saturated carbocycles. The van der Waals surface area contributed by atoms with Crippen LogP contribution < -0.4 is 11.3 Å². The van der Waals surface area contributed by atoms with Gasteiger partial charge >= 0.3 is 0 Å². The lowest BCUT2D eigenvalue weighted by atomic mass is 10.4. The van der Waals surface area contributed by atoms with Gasteiger partial charge < -0.3 is 10.2 Å². The molecule has 7 heteroatoms. The molecule has 0 spiro atoms. The van der Waals surface area contributed by atoms with E-state index in [0.29, 0.717) is 16.4 Å². The molecule has 1 rings (SSSR count). The van der Waals surface area contributed by atoms with Gasteiger partial charge in [0, 0.05) is 16.4 Å². The molecule has 1 amide bonds. The number of nitrogens with one attached hydrogen (secondary N) is 1. The number of aliphatic hydroxyl groups excluding tert-OH is 2. The van der Waals surface area contributed by atoms with Crippen LogP contribution in [0.3, 0.4) is 0 Å². The summed E-state index contributed by atoms with van der Waals surface area (Å²) >= 11 is 2.88. The number of thiophene rings is 1. The molecule has 0 aliphatic carbocycles. The number of nitrogen functional groups attached to an aromatic ring is 1. The van der Waals surface area contributed by atoms with Gasteiger partial charge in [-0.2, -0.15) is 11.8 Å². The van der Waals surface area contributed by atoms with Crippen LogP contribution in [0.4, 0.5) is 0 Å². The minimum absolute atomic E-state index is 0.224. The Morgan fingerprint density at radius 3 is 3.00 bits per heavy atom. The van der Waals surface area contributed by atoms with Crippen LogP contribution >= 0.6 is 23.1 Å². The van der Waals surface area contributed by atoms with Gasteiger partial charge in [-0.15, -0.1) is 11.3 Å². The van der Waals surface area contributed by atoms with Crippen LogP contribution in [0.5, 0.6) is 0 Å². The molecule has 5 nitrogen and oxygen atoms in total. The lowest BCUT2D eigenvalue weighted by Crippen LogP contribution is -2.29. The number of aliphatic hydroxyl groups is 2. The van der Waals surface area contributed by atoms with E-state index in [0.717, 1.165) is 4.88 Å². The van der Waals surface area contributed by atoms with E-state index in [1.165, 1.54) is 23.1 Å². The van der Waals surface area contributed by atoms with E-state index in [1.807, 2.05) is 6.07 Å². The lowest BCUT2D eigenvalue weighted by Gasteiger charge is -2.04. The molecule has 1 aromatic heterocycles. The fraction of sp³-hybridized carbons (Fsp3) is 0.444. The van der Waals surface area contributed by atoms with Crippen molar-refractivity contribution in [3.8, 4) is 0 Å². The largest absolute Gasteiger partial charge is 0.394 e. The number of hydrazine groups is 1. The van der Waals surface area contributed by atoms with E-state index in [1.54, 1.807) is 6.07 Å². The highest BCUT2D eigenvalue weighted by Crippen LogP contribution is 2.21. The van der Waals surface area contributed by atoms with E-state index in [9.17, 15) is 4.79 Å². The highest BCUT2D eigenvalue weighted by molar-refractivity contribution is 7.98. The second-order valence-electron chi connectivity index (χ2n) is 3.09. The molecule has 1 aromatic rings. The first-order chi connectivity index (χ1) is 7.67. The van der Waals surface area contributed by atoms with Gasteiger partial charge in [0.1, 0.15) is 0 Å². The van der Waals surface area contributed by atoms with Gasteiger partial charge in [-0.25, -0.2) is 5.84 Å². The summed E-state index contributed by atoms with van der Waals surface area (Å²) in [6.45, 7) is -0.224. The van der Waals surface area contributed by atoms with Crippen molar-refractivity contribution in [2.45, 2.75) is 11.9 Å². The third-order valence-corrected chi connectivity index (χ3v) is 4.18. The molecule has 5 N–H and O–H groups in total. The number of carbonyl (C=O) groups excluding carboxylic acids is 1. The Bertz CT molecular complexity index is 343. The number of rotatable bonds is 6. The van der Waals surface area contributed by atoms with Crippen LogP contribution in [0.15, 0.2) is 12.1 Å². The predicted octanol–water partition coefficient (Wildman–Crippen LogP) is -0.0620. The van der Waals surface area contributed by atoms with Crippen molar-refractivity contribution in [2.75, 3.05) is 12.4 Å². The summed E-state index contributed by atoms with van der Waals surface area (Å²) in [5.74, 6) is 5.90. The first-order valence-corrected chi connectivity index (χ1v) is 6.60. The van der Waals surface area contributed by atoms with Crippen molar-refractivity contribution in [2.24, 2.45) is 5.84 Å². The fourth-order valence-corrected chi connectivity index (χ4v) is 2.98. The van der Waals surface area contributed by atoms with E-state index < -0.39 is 6.10 Å². The number of hydrogen-bond acceptors (Lipinski definition) is 6. The third-order valence-electron chi connectivity index (χ3n) is 1.78. The maximum absolute atomic E-state index is 11.1. The zero-order valence-electron chi connectivity index (χ0n) is 8.55. The van der Waals surface area contributed by atoms with E-state index >= 15 is 0 Å². The lowest BCUT2D eigenvalue weighted by molar-refractivity contribution is 0.0957. The molecule has 1 unspecified atom stereocenters. The highest BCUT2D eigenvalue weighted by Gasteiger charge is 2.08. The molecule has 0 aromatic carbocycles. The average molecular weight is 262 g/mol. The second kappa shape index (κ2) is 6.87. The maximum Gasteiger partial charge on any atom is 0.275 e. The van der Waals surface area contributed by atoms with Gasteiger partial charge in [0.25, 0.3) is 5.91 Å². The molecule has 0 radical (unpaired) electrons. The molecule has 90 valence electrons. The summed E-state index contributed by atoms with van der Waals surface area (Å²) in [7, 11) is 0. The topological polar surface area (TPSA) is 95.6 Å². The predicted molar refractivity (Wildman–Crippen MR) is 65.2 cm³/mol. The van der Waals surface area contributed by atoms with Crippen molar-refractivity contribution in [3.05, 3.63) is 21.9 Å². The zero-order chi connectivity index (χ0) is 12.0. The van der Waals surface area contributed by atoms with Gasteiger partial charge in [0.05, 0.1) is 17.6 Å². The first kappa shape index (κ1) is 13.5. The van der Waals surface area contributed by atoms with Crippen molar-refractivity contribution in [1.82, 2.24) is 5.43 Å². The Hall–Kier alpha value is -0.600. The van der Waals surface area contributed by atoms with Crippen LogP contribution in [-0.4, -0.2) is 34.6 Å². The standard InChI is InChI=1S/C9H14N2O3S2/c10-11-9(14)8-2-1-7(16-8)5-15-4-6(13)3-12/h1-2,6,12-13H,3-5,10H2,(H,11,14). The maximum atomic E-state index is 11.1. The molecule has 1 atom stereocenters. The van der Waals surface area contributed by atoms with Crippen LogP contribution in [0.1, 0.15) is 14.5 Å². The SMILES string of the molecule is NNC(=O)c1ccc(CSCC(O)CO)s1. The van der Waals surface area contributed by atoms with Gasteiger partial charge in [0.2, 0.25) is 0 Å². The minimum Gasteiger partial charge on any atom is -0.394 e. The molecule has 0 bridgehead atoms. The van der Waals surface area contributed by atoms with Crippen LogP contribution in [0.2, 0.25) is 0 Å². The van der Waals surface area contributed by atoms with E-state index in [-0.39, 0.29) is 12.5 Å². The Morgan fingerprint density at radius 1 is 1.62 bits per heavy atom. The van der Waals surface area contributed by atoms with Gasteiger partial charge in [-0.3, -0.25) is 10.2 Å². The first-order valence-electron chi connectivity index (χ1n) is 4.63. The molecule has 0 fully saturated rings. The van der Waals surface area contributed by atoms with Crippen molar-refractivity contribution >= 4 is 29.0 Å². The Morgan fingerprint density at radius 2 is 2.38 bits per heavy atom. The Kier molecular flexibility index (Phi) is 5.78. The zero-order valence-corrected chi connectivity index (χ0v) is 10.2. The number of thioether (sulfide) groups is 1. The van der Waals surface area contributed by atoms with E-state index in [4.69, 9.17) is 16.1 Å². The highest BCUT2D eigenvalue weighted by atomic mass is 32.2.